The highest BCUT2D eigenvalue weighted by Gasteiger charge is 2.18. The maximum atomic E-state index is 12.9. The number of aromatic nitrogens is 7. The van der Waals surface area contributed by atoms with Crippen LogP contribution in [0.15, 0.2) is 47.5 Å². The van der Waals surface area contributed by atoms with Gasteiger partial charge in [0.2, 0.25) is 5.95 Å². The third kappa shape index (κ3) is 2.69. The summed E-state index contributed by atoms with van der Waals surface area (Å²) in [7, 11) is 1.70. The molecular weight excluding hydrogens is 372 g/mol. The van der Waals surface area contributed by atoms with E-state index in [1.165, 1.54) is 15.6 Å². The predicted octanol–water partition coefficient (Wildman–Crippen LogP) is 1.88. The van der Waals surface area contributed by atoms with Crippen LogP contribution in [0.5, 0.6) is 0 Å². The monoisotopic (exact) mass is 388 g/mol. The number of nitrogens with one attached hydrogen (secondary N) is 3. The number of anilines is 1. The molecule has 0 bridgehead atoms. The van der Waals surface area contributed by atoms with E-state index in [0.717, 1.165) is 10.9 Å². The van der Waals surface area contributed by atoms with E-state index >= 15 is 0 Å². The van der Waals surface area contributed by atoms with Crippen LogP contribution in [-0.2, 0) is 7.05 Å². The third-order valence-corrected chi connectivity index (χ3v) is 4.70. The van der Waals surface area contributed by atoms with Crippen molar-refractivity contribution in [3.05, 3.63) is 64.3 Å². The molecule has 5 rings (SSSR count). The van der Waals surface area contributed by atoms with E-state index in [-0.39, 0.29) is 17.4 Å². The number of para-hydroxylation sites is 1. The van der Waals surface area contributed by atoms with Gasteiger partial charge in [0.05, 0.1) is 17.5 Å². The Labute approximate surface area is 163 Å². The summed E-state index contributed by atoms with van der Waals surface area (Å²) in [4.78, 5) is 35.5. The Morgan fingerprint density at radius 2 is 2.03 bits per heavy atom. The summed E-state index contributed by atoms with van der Waals surface area (Å²) in [6.45, 7) is 1.79. The molecule has 0 atom stereocenters. The number of aryl methyl sites for hydroxylation is 2. The van der Waals surface area contributed by atoms with Crippen molar-refractivity contribution in [2.75, 3.05) is 5.32 Å². The smallest absolute Gasteiger partial charge is 0.263 e. The van der Waals surface area contributed by atoms with Crippen LogP contribution in [0.4, 0.5) is 5.82 Å². The lowest BCUT2D eigenvalue weighted by molar-refractivity contribution is 0.102. The number of carbonyl (C=O) groups is 1. The van der Waals surface area contributed by atoms with Gasteiger partial charge in [-0.25, -0.2) is 0 Å². The van der Waals surface area contributed by atoms with Gasteiger partial charge in [-0.05, 0) is 13.0 Å². The zero-order valence-corrected chi connectivity index (χ0v) is 15.6. The molecule has 0 spiro atoms. The first kappa shape index (κ1) is 16.9. The molecule has 4 heterocycles. The van der Waals surface area contributed by atoms with Crippen LogP contribution in [-0.4, -0.2) is 40.4 Å². The molecule has 0 aliphatic rings. The third-order valence-electron chi connectivity index (χ3n) is 4.70. The minimum absolute atomic E-state index is 0.188. The molecule has 0 aliphatic carbocycles. The molecule has 10 nitrogen and oxygen atoms in total. The highest BCUT2D eigenvalue weighted by molar-refractivity contribution is 6.12. The maximum absolute atomic E-state index is 12.9. The fourth-order valence-corrected chi connectivity index (χ4v) is 3.31. The lowest BCUT2D eigenvalue weighted by Gasteiger charge is -2.08. The zero-order chi connectivity index (χ0) is 20.1. The number of H-pyrrole nitrogens is 2. The lowest BCUT2D eigenvalue weighted by Crippen LogP contribution is -2.19. The Kier molecular flexibility index (Phi) is 3.60. The summed E-state index contributed by atoms with van der Waals surface area (Å²) in [5.41, 5.74) is 2.13. The van der Waals surface area contributed by atoms with Gasteiger partial charge in [0.1, 0.15) is 11.2 Å². The van der Waals surface area contributed by atoms with Gasteiger partial charge in [-0.15, -0.1) is 0 Å². The predicted molar refractivity (Wildman–Crippen MR) is 107 cm³/mol. The summed E-state index contributed by atoms with van der Waals surface area (Å²) in [5.74, 6) is 0.281. The molecule has 4 aromatic heterocycles. The topological polar surface area (TPSA) is 126 Å². The lowest BCUT2D eigenvalue weighted by atomic mass is 10.1. The maximum Gasteiger partial charge on any atom is 0.263 e. The first-order valence-corrected chi connectivity index (χ1v) is 8.88. The van der Waals surface area contributed by atoms with Gasteiger partial charge in [0.15, 0.2) is 5.65 Å². The molecule has 0 saturated carbocycles. The molecule has 1 amide bonds. The van der Waals surface area contributed by atoms with E-state index in [0.29, 0.717) is 28.1 Å². The second-order valence-corrected chi connectivity index (χ2v) is 6.68. The van der Waals surface area contributed by atoms with E-state index in [1.54, 1.807) is 26.2 Å². The number of fused-ring (bicyclic) bond motifs is 2. The molecule has 0 aliphatic heterocycles. The quantitative estimate of drug-likeness (QED) is 0.435. The number of hydrogen-bond donors (Lipinski definition) is 3. The van der Waals surface area contributed by atoms with Crippen molar-refractivity contribution >= 4 is 33.7 Å². The largest absolute Gasteiger partial charge is 0.360 e. The van der Waals surface area contributed by atoms with Crippen molar-refractivity contribution in [2.24, 2.45) is 7.05 Å². The van der Waals surface area contributed by atoms with E-state index in [4.69, 9.17) is 0 Å². The number of amides is 1. The van der Waals surface area contributed by atoms with E-state index in [9.17, 15) is 9.59 Å². The van der Waals surface area contributed by atoms with Gasteiger partial charge < -0.3 is 10.3 Å². The molecule has 144 valence electrons. The molecule has 0 fully saturated rings. The van der Waals surface area contributed by atoms with Gasteiger partial charge in [-0.1, -0.05) is 18.2 Å². The van der Waals surface area contributed by atoms with Gasteiger partial charge in [-0.2, -0.15) is 19.9 Å². The summed E-state index contributed by atoms with van der Waals surface area (Å²) in [5, 5.41) is 12.5. The minimum atomic E-state index is -0.333. The fraction of sp³-hybridized carbons (Fsp3) is 0.105. The molecule has 1 aromatic carbocycles. The number of carbonyl (C=O) groups excluding carboxylic acids is 1. The van der Waals surface area contributed by atoms with Crippen LogP contribution in [0.1, 0.15) is 16.1 Å². The zero-order valence-electron chi connectivity index (χ0n) is 15.6. The van der Waals surface area contributed by atoms with Crippen LogP contribution in [0.3, 0.4) is 0 Å². The average molecular weight is 388 g/mol. The summed E-state index contributed by atoms with van der Waals surface area (Å²) < 4.78 is 2.91. The number of rotatable bonds is 3. The Morgan fingerprint density at radius 3 is 2.90 bits per heavy atom. The van der Waals surface area contributed by atoms with Crippen molar-refractivity contribution in [3.63, 3.8) is 0 Å². The number of hydrogen-bond acceptors (Lipinski definition) is 5. The minimum Gasteiger partial charge on any atom is -0.360 e. The van der Waals surface area contributed by atoms with Crippen LogP contribution in [0.25, 0.3) is 27.9 Å². The number of benzene rings is 1. The molecule has 5 aromatic rings. The van der Waals surface area contributed by atoms with Crippen molar-refractivity contribution in [3.8, 4) is 5.95 Å². The van der Waals surface area contributed by atoms with E-state index in [2.05, 4.69) is 30.5 Å². The Hall–Kier alpha value is -4.21. The average Bonchev–Trinajstić information content (AvgIpc) is 3.39. The highest BCUT2D eigenvalue weighted by Crippen LogP contribution is 2.21. The van der Waals surface area contributed by atoms with Crippen molar-refractivity contribution in [1.82, 2.24) is 34.5 Å². The molecular formula is C19H16N8O2. The van der Waals surface area contributed by atoms with Gasteiger partial charge in [0, 0.05) is 30.2 Å². The Morgan fingerprint density at radius 1 is 1.21 bits per heavy atom. The Bertz CT molecular complexity index is 1450. The second kappa shape index (κ2) is 6.16. The number of nitrogens with zero attached hydrogens (tertiary/aromatic N) is 5. The van der Waals surface area contributed by atoms with Crippen molar-refractivity contribution in [1.29, 1.82) is 0 Å². The Balaban J connectivity index is 1.57. The molecule has 3 N–H and O–H groups in total. The van der Waals surface area contributed by atoms with Crippen molar-refractivity contribution < 1.29 is 4.79 Å². The van der Waals surface area contributed by atoms with Gasteiger partial charge >= 0.3 is 0 Å². The SMILES string of the molecule is Cc1cc(NC(=O)c2c[nH]c3ccccc23)n(-c2nc3c(cnn3C)c(=O)[nH]2)n1. The summed E-state index contributed by atoms with van der Waals surface area (Å²) in [6.07, 6.45) is 3.12. The van der Waals surface area contributed by atoms with Crippen LogP contribution >= 0.6 is 0 Å². The summed E-state index contributed by atoms with van der Waals surface area (Å²) >= 11 is 0. The molecule has 29 heavy (non-hydrogen) atoms. The van der Waals surface area contributed by atoms with Crippen molar-refractivity contribution in [2.45, 2.75) is 6.92 Å². The van der Waals surface area contributed by atoms with Crippen LogP contribution in [0.2, 0.25) is 0 Å². The fourth-order valence-electron chi connectivity index (χ4n) is 3.31. The van der Waals surface area contributed by atoms with Crippen LogP contribution in [0, 0.1) is 6.92 Å². The van der Waals surface area contributed by atoms with E-state index in [1.807, 2.05) is 24.3 Å². The second-order valence-electron chi connectivity index (χ2n) is 6.68. The molecule has 0 unspecified atom stereocenters. The normalized spacial score (nSPS) is 11.4. The highest BCUT2D eigenvalue weighted by atomic mass is 16.2. The summed E-state index contributed by atoms with van der Waals surface area (Å²) in [6, 6.07) is 9.26. The standard InChI is InChI=1S/C19H16N8O2/c1-10-7-15(22-17(28)12-8-20-14-6-4-3-5-11(12)14)27(25-10)19-23-16-13(18(29)24-19)9-21-26(16)2/h3-9,20H,1-2H3,(H,22,28)(H,23,24,29). The first-order valence-electron chi connectivity index (χ1n) is 8.88. The molecule has 0 radical (unpaired) electrons. The van der Waals surface area contributed by atoms with Gasteiger partial charge in [-0.3, -0.25) is 19.3 Å². The van der Waals surface area contributed by atoms with Crippen LogP contribution < -0.4 is 10.9 Å². The van der Waals surface area contributed by atoms with E-state index < -0.39 is 0 Å². The molecule has 0 saturated heterocycles. The first-order chi connectivity index (χ1) is 14.0. The van der Waals surface area contributed by atoms with Gasteiger partial charge in [0.25, 0.3) is 11.5 Å². The number of aromatic amines is 2. The molecule has 10 heteroatoms.